The Morgan fingerprint density at radius 3 is 2.45 bits per heavy atom. The summed E-state index contributed by atoms with van der Waals surface area (Å²) in [6.07, 6.45) is 13.5. The minimum Gasteiger partial charge on any atom is -0.388 e. The average molecular weight is 274 g/mol. The van der Waals surface area contributed by atoms with Crippen LogP contribution < -0.4 is 0 Å². The Morgan fingerprint density at radius 1 is 0.950 bits per heavy atom. The molecule has 2 rings (SSSR count). The van der Waals surface area contributed by atoms with Crippen molar-refractivity contribution < 1.29 is 5.11 Å². The van der Waals surface area contributed by atoms with Gasteiger partial charge in [-0.25, -0.2) is 0 Å². The maximum absolute atomic E-state index is 10.3. The Kier molecular flexibility index (Phi) is 6.59. The van der Waals surface area contributed by atoms with E-state index < -0.39 is 0 Å². The van der Waals surface area contributed by atoms with Crippen LogP contribution in [0.2, 0.25) is 0 Å². The van der Waals surface area contributed by atoms with Crippen molar-refractivity contribution in [1.82, 2.24) is 0 Å². The summed E-state index contributed by atoms with van der Waals surface area (Å²) in [7, 11) is 0. The molecular formula is C19H30O. The molecule has 0 saturated carbocycles. The number of hydrogen-bond donors (Lipinski definition) is 1. The first-order valence-corrected chi connectivity index (χ1v) is 8.61. The van der Waals surface area contributed by atoms with Crippen LogP contribution in [-0.2, 0) is 12.8 Å². The standard InChI is InChI=1S/C19H30O/c1-2-3-4-5-6-7-12-19(20)18-14-13-16-10-8-9-11-17(16)15-18/h13-15,19-20H,2-12H2,1H3. The van der Waals surface area contributed by atoms with Gasteiger partial charge < -0.3 is 5.11 Å². The number of unbranched alkanes of at least 4 members (excludes halogenated alkanes) is 5. The minimum absolute atomic E-state index is 0.256. The second-order valence-corrected chi connectivity index (χ2v) is 6.31. The lowest BCUT2D eigenvalue weighted by atomic mass is 9.89. The Bertz CT molecular complexity index is 397. The van der Waals surface area contributed by atoms with Gasteiger partial charge in [0.15, 0.2) is 0 Å². The van der Waals surface area contributed by atoms with Crippen LogP contribution in [0.15, 0.2) is 18.2 Å². The second-order valence-electron chi connectivity index (χ2n) is 6.31. The van der Waals surface area contributed by atoms with E-state index in [1.807, 2.05) is 0 Å². The van der Waals surface area contributed by atoms with Gasteiger partial charge in [-0.2, -0.15) is 0 Å². The van der Waals surface area contributed by atoms with Crippen molar-refractivity contribution in [3.63, 3.8) is 0 Å². The van der Waals surface area contributed by atoms with Crippen molar-refractivity contribution >= 4 is 0 Å². The van der Waals surface area contributed by atoms with E-state index in [0.29, 0.717) is 0 Å². The predicted molar refractivity (Wildman–Crippen MR) is 86.0 cm³/mol. The fourth-order valence-electron chi connectivity index (χ4n) is 3.25. The molecule has 1 N–H and O–H groups in total. The number of benzene rings is 1. The van der Waals surface area contributed by atoms with Crippen molar-refractivity contribution in [2.75, 3.05) is 0 Å². The van der Waals surface area contributed by atoms with Gasteiger partial charge in [-0.3, -0.25) is 0 Å². The van der Waals surface area contributed by atoms with E-state index in [1.165, 1.54) is 68.9 Å². The fourth-order valence-corrected chi connectivity index (χ4v) is 3.25. The van der Waals surface area contributed by atoms with E-state index in [2.05, 4.69) is 25.1 Å². The van der Waals surface area contributed by atoms with Crippen LogP contribution >= 0.6 is 0 Å². The first kappa shape index (κ1) is 15.6. The van der Waals surface area contributed by atoms with Gasteiger partial charge in [-0.05, 0) is 48.8 Å². The highest BCUT2D eigenvalue weighted by Crippen LogP contribution is 2.27. The van der Waals surface area contributed by atoms with E-state index in [-0.39, 0.29) is 6.10 Å². The Hall–Kier alpha value is -0.820. The smallest absolute Gasteiger partial charge is 0.0790 e. The topological polar surface area (TPSA) is 20.2 Å². The number of aliphatic hydroxyl groups excluding tert-OH is 1. The van der Waals surface area contributed by atoms with Crippen LogP contribution in [0.1, 0.15) is 87.5 Å². The van der Waals surface area contributed by atoms with Crippen LogP contribution in [0.3, 0.4) is 0 Å². The van der Waals surface area contributed by atoms with Gasteiger partial charge in [-0.15, -0.1) is 0 Å². The molecule has 1 aromatic rings. The largest absolute Gasteiger partial charge is 0.388 e. The van der Waals surface area contributed by atoms with E-state index in [0.717, 1.165) is 18.4 Å². The third kappa shape index (κ3) is 4.63. The summed E-state index contributed by atoms with van der Waals surface area (Å²) in [5.41, 5.74) is 4.13. The summed E-state index contributed by atoms with van der Waals surface area (Å²) in [6.45, 7) is 2.25. The number of aliphatic hydroxyl groups is 1. The number of rotatable bonds is 8. The summed E-state index contributed by atoms with van der Waals surface area (Å²) in [5, 5.41) is 10.3. The molecule has 20 heavy (non-hydrogen) atoms. The third-order valence-corrected chi connectivity index (χ3v) is 4.59. The maximum atomic E-state index is 10.3. The lowest BCUT2D eigenvalue weighted by Gasteiger charge is -2.18. The molecule has 1 heteroatoms. The van der Waals surface area contributed by atoms with Crippen molar-refractivity contribution in [3.05, 3.63) is 34.9 Å². The van der Waals surface area contributed by atoms with Crippen LogP contribution in [0.4, 0.5) is 0 Å². The molecule has 0 spiro atoms. The zero-order valence-corrected chi connectivity index (χ0v) is 13.0. The Labute approximate surface area is 124 Å². The van der Waals surface area contributed by atoms with Crippen molar-refractivity contribution in [2.24, 2.45) is 0 Å². The maximum Gasteiger partial charge on any atom is 0.0790 e. The summed E-state index contributed by atoms with van der Waals surface area (Å²) in [6, 6.07) is 6.65. The molecule has 1 unspecified atom stereocenters. The van der Waals surface area contributed by atoms with Crippen molar-refractivity contribution in [3.8, 4) is 0 Å². The van der Waals surface area contributed by atoms with Crippen LogP contribution in [0, 0.1) is 0 Å². The normalized spacial score (nSPS) is 15.9. The van der Waals surface area contributed by atoms with Gasteiger partial charge in [0.1, 0.15) is 0 Å². The third-order valence-electron chi connectivity index (χ3n) is 4.59. The number of aryl methyl sites for hydroxylation is 2. The van der Waals surface area contributed by atoms with Gasteiger partial charge in [0.25, 0.3) is 0 Å². The Morgan fingerprint density at radius 2 is 1.65 bits per heavy atom. The van der Waals surface area contributed by atoms with Crippen LogP contribution in [0.25, 0.3) is 0 Å². The summed E-state index contributed by atoms with van der Waals surface area (Å²) in [4.78, 5) is 0. The zero-order valence-electron chi connectivity index (χ0n) is 13.0. The minimum atomic E-state index is -0.256. The van der Waals surface area contributed by atoms with Crippen molar-refractivity contribution in [1.29, 1.82) is 0 Å². The molecule has 1 atom stereocenters. The molecule has 0 amide bonds. The van der Waals surface area contributed by atoms with Gasteiger partial charge in [-0.1, -0.05) is 63.6 Å². The molecule has 0 aliphatic heterocycles. The average Bonchev–Trinajstić information content (AvgIpc) is 2.50. The molecule has 0 radical (unpaired) electrons. The number of hydrogen-bond acceptors (Lipinski definition) is 1. The first-order valence-electron chi connectivity index (χ1n) is 8.61. The molecule has 0 heterocycles. The van der Waals surface area contributed by atoms with Crippen LogP contribution in [-0.4, -0.2) is 5.11 Å². The SMILES string of the molecule is CCCCCCCCC(O)c1ccc2c(c1)CCCC2. The van der Waals surface area contributed by atoms with Gasteiger partial charge >= 0.3 is 0 Å². The highest BCUT2D eigenvalue weighted by atomic mass is 16.3. The monoisotopic (exact) mass is 274 g/mol. The lowest BCUT2D eigenvalue weighted by molar-refractivity contribution is 0.163. The number of fused-ring (bicyclic) bond motifs is 1. The zero-order chi connectivity index (χ0) is 14.2. The summed E-state index contributed by atoms with van der Waals surface area (Å²) < 4.78 is 0. The summed E-state index contributed by atoms with van der Waals surface area (Å²) in [5.74, 6) is 0. The molecule has 1 aliphatic carbocycles. The fraction of sp³-hybridized carbons (Fsp3) is 0.684. The molecule has 0 fully saturated rings. The second kappa shape index (κ2) is 8.46. The van der Waals surface area contributed by atoms with Crippen molar-refractivity contribution in [2.45, 2.75) is 83.7 Å². The van der Waals surface area contributed by atoms with Gasteiger partial charge in [0.2, 0.25) is 0 Å². The molecule has 0 aromatic heterocycles. The Balaban J connectivity index is 1.76. The van der Waals surface area contributed by atoms with Crippen LogP contribution in [0.5, 0.6) is 0 Å². The lowest BCUT2D eigenvalue weighted by Crippen LogP contribution is -2.05. The van der Waals surface area contributed by atoms with E-state index >= 15 is 0 Å². The van der Waals surface area contributed by atoms with E-state index in [4.69, 9.17) is 0 Å². The molecule has 1 nitrogen and oxygen atoms in total. The quantitative estimate of drug-likeness (QED) is 0.634. The molecule has 1 aromatic carbocycles. The summed E-state index contributed by atoms with van der Waals surface area (Å²) >= 11 is 0. The first-order chi connectivity index (χ1) is 9.81. The molecule has 1 aliphatic rings. The predicted octanol–water partition coefficient (Wildman–Crippen LogP) is 5.35. The molecule has 112 valence electrons. The van der Waals surface area contributed by atoms with E-state index in [1.54, 1.807) is 0 Å². The highest BCUT2D eigenvalue weighted by Gasteiger charge is 2.13. The molecular weight excluding hydrogens is 244 g/mol. The molecule has 0 saturated heterocycles. The highest BCUT2D eigenvalue weighted by molar-refractivity contribution is 5.34. The molecule has 0 bridgehead atoms. The van der Waals surface area contributed by atoms with Gasteiger partial charge in [0, 0.05) is 0 Å². The van der Waals surface area contributed by atoms with E-state index in [9.17, 15) is 5.11 Å². The van der Waals surface area contributed by atoms with Gasteiger partial charge in [0.05, 0.1) is 6.10 Å².